The molecule has 51 heavy (non-hydrogen) atoms. The van der Waals surface area contributed by atoms with Crippen molar-refractivity contribution < 1.29 is 0 Å². The fraction of sp³-hybridized carbons (Fsp3) is 0. The third-order valence-electron chi connectivity index (χ3n) is 10.1. The zero-order valence-electron chi connectivity index (χ0n) is 27.0. The number of nitriles is 2. The smallest absolute Gasteiger partial charge is 0.188 e. The number of hydrogen-bond donors (Lipinski definition) is 0. The van der Waals surface area contributed by atoms with Crippen LogP contribution in [0.4, 0.5) is 5.69 Å². The van der Waals surface area contributed by atoms with E-state index in [0.717, 1.165) is 82.5 Å². The normalized spacial score (nSPS) is 11.5. The Morgan fingerprint density at radius 2 is 0.980 bits per heavy atom. The van der Waals surface area contributed by atoms with Crippen LogP contribution in [0.15, 0.2) is 146 Å². The molecule has 0 N–H and O–H groups in total. The van der Waals surface area contributed by atoms with Crippen LogP contribution in [-0.2, 0) is 0 Å². The van der Waals surface area contributed by atoms with Gasteiger partial charge in [0.05, 0.1) is 62.9 Å². The lowest BCUT2D eigenvalue weighted by Gasteiger charge is -2.13. The maximum atomic E-state index is 9.70. The summed E-state index contributed by atoms with van der Waals surface area (Å²) in [4.78, 5) is 3.76. The molecule has 0 fully saturated rings. The van der Waals surface area contributed by atoms with Crippen molar-refractivity contribution in [3.8, 4) is 29.2 Å². The van der Waals surface area contributed by atoms with Crippen LogP contribution in [0, 0.1) is 29.2 Å². The van der Waals surface area contributed by atoms with E-state index in [-0.39, 0.29) is 0 Å². The van der Waals surface area contributed by atoms with Crippen LogP contribution in [0.5, 0.6) is 0 Å². The minimum Gasteiger partial charge on any atom is -0.309 e. The Morgan fingerprint density at radius 3 is 1.67 bits per heavy atom. The number of para-hydroxylation sites is 2. The van der Waals surface area contributed by atoms with Crippen LogP contribution in [0.1, 0.15) is 11.1 Å². The number of hydrogen-bond acceptors (Lipinski definition) is 2. The fourth-order valence-electron chi connectivity index (χ4n) is 7.95. The Labute approximate surface area is 291 Å². The molecule has 0 saturated carbocycles. The topological polar surface area (TPSA) is 66.7 Å². The highest BCUT2D eigenvalue weighted by Gasteiger charge is 2.22. The van der Waals surface area contributed by atoms with E-state index < -0.39 is 0 Å². The first-order chi connectivity index (χ1) is 25.2. The summed E-state index contributed by atoms with van der Waals surface area (Å²) in [7, 11) is 0. The van der Waals surface area contributed by atoms with Crippen LogP contribution in [-0.4, -0.2) is 13.7 Å². The second kappa shape index (κ2) is 10.7. The Kier molecular flexibility index (Phi) is 5.97. The van der Waals surface area contributed by atoms with Gasteiger partial charge >= 0.3 is 0 Å². The second-order valence-corrected chi connectivity index (χ2v) is 12.7. The third-order valence-corrected chi connectivity index (χ3v) is 10.1. The Bertz CT molecular complexity index is 3150. The number of benzene rings is 7. The molecule has 6 nitrogen and oxygen atoms in total. The Balaban J connectivity index is 1.29. The molecule has 0 amide bonds. The minimum atomic E-state index is 0.576. The van der Waals surface area contributed by atoms with Gasteiger partial charge in [0.15, 0.2) is 5.69 Å². The van der Waals surface area contributed by atoms with E-state index in [1.807, 2.05) is 54.6 Å². The van der Waals surface area contributed by atoms with Gasteiger partial charge in [-0.15, -0.1) is 0 Å². The summed E-state index contributed by atoms with van der Waals surface area (Å²) in [5, 5.41) is 25.7. The SMILES string of the molecule is [C-]#[N+]c1ccc2c(c1)c1ccc3c(c4ccccc4n3-c3cccc(-n4c5ccc(C#N)cc5c5cc(C#N)ccc54)c3)c1n2-c1ccccc1. The summed E-state index contributed by atoms with van der Waals surface area (Å²) >= 11 is 0. The van der Waals surface area contributed by atoms with Crippen molar-refractivity contribution in [2.24, 2.45) is 0 Å². The Morgan fingerprint density at radius 1 is 0.431 bits per heavy atom. The molecule has 0 aliphatic heterocycles. The molecule has 7 aromatic carbocycles. The predicted octanol–water partition coefficient (Wildman–Crippen LogP) is 11.3. The highest BCUT2D eigenvalue weighted by Crippen LogP contribution is 2.43. The van der Waals surface area contributed by atoms with E-state index in [9.17, 15) is 10.5 Å². The minimum absolute atomic E-state index is 0.576. The highest BCUT2D eigenvalue weighted by molar-refractivity contribution is 6.26. The number of nitrogens with zero attached hydrogens (tertiary/aromatic N) is 6. The molecule has 0 saturated heterocycles. The van der Waals surface area contributed by atoms with E-state index in [1.165, 1.54) is 0 Å². The van der Waals surface area contributed by atoms with Crippen molar-refractivity contribution in [1.82, 2.24) is 13.7 Å². The molecular weight excluding hydrogens is 625 g/mol. The van der Waals surface area contributed by atoms with E-state index in [0.29, 0.717) is 16.8 Å². The van der Waals surface area contributed by atoms with E-state index in [4.69, 9.17) is 6.57 Å². The number of aromatic nitrogens is 3. The predicted molar refractivity (Wildman–Crippen MR) is 205 cm³/mol. The molecule has 0 bridgehead atoms. The lowest BCUT2D eigenvalue weighted by Crippen LogP contribution is -1.99. The molecule has 234 valence electrons. The van der Waals surface area contributed by atoms with E-state index >= 15 is 0 Å². The van der Waals surface area contributed by atoms with Crippen molar-refractivity contribution in [2.45, 2.75) is 0 Å². The summed E-state index contributed by atoms with van der Waals surface area (Å²) in [6.07, 6.45) is 0. The summed E-state index contributed by atoms with van der Waals surface area (Å²) in [5.41, 5.74) is 11.1. The molecule has 0 spiro atoms. The quantitative estimate of drug-likeness (QED) is 0.179. The first kappa shape index (κ1) is 28.4. The van der Waals surface area contributed by atoms with Crippen molar-refractivity contribution >= 4 is 71.1 Å². The van der Waals surface area contributed by atoms with Crippen LogP contribution < -0.4 is 0 Å². The second-order valence-electron chi connectivity index (χ2n) is 12.7. The summed E-state index contributed by atoms with van der Waals surface area (Å²) in [6, 6.07) is 53.9. The first-order valence-electron chi connectivity index (χ1n) is 16.6. The van der Waals surface area contributed by atoms with Gasteiger partial charge < -0.3 is 13.7 Å². The van der Waals surface area contributed by atoms with Gasteiger partial charge in [0.25, 0.3) is 0 Å². The van der Waals surface area contributed by atoms with Gasteiger partial charge in [0.1, 0.15) is 0 Å². The summed E-state index contributed by atoms with van der Waals surface area (Å²) < 4.78 is 6.88. The van der Waals surface area contributed by atoms with Gasteiger partial charge in [0.2, 0.25) is 0 Å². The lowest BCUT2D eigenvalue weighted by molar-refractivity contribution is 1.13. The molecule has 3 heterocycles. The van der Waals surface area contributed by atoms with Crippen LogP contribution in [0.3, 0.4) is 0 Å². The first-order valence-corrected chi connectivity index (χ1v) is 16.6. The summed E-state index contributed by atoms with van der Waals surface area (Å²) in [6.45, 7) is 7.72. The lowest BCUT2D eigenvalue weighted by atomic mass is 10.1. The molecule has 0 aliphatic carbocycles. The van der Waals surface area contributed by atoms with E-state index in [1.54, 1.807) is 0 Å². The molecule has 10 aromatic rings. The van der Waals surface area contributed by atoms with E-state index in [2.05, 4.69) is 122 Å². The van der Waals surface area contributed by atoms with Gasteiger partial charge in [-0.1, -0.05) is 54.6 Å². The molecule has 3 aromatic heterocycles. The van der Waals surface area contributed by atoms with Gasteiger partial charge in [0, 0.05) is 44.0 Å². The Hall–Kier alpha value is -7.59. The zero-order valence-corrected chi connectivity index (χ0v) is 27.0. The van der Waals surface area contributed by atoms with Gasteiger partial charge in [-0.05, 0) is 96.4 Å². The standard InChI is InChI=1S/C45H24N6/c1-48-30-16-20-42-38(24-30)34-17-21-43-44(45(34)51(42)31-8-3-2-4-9-31)35-12-5-6-13-39(35)50(43)33-11-7-10-32(25-33)49-40-18-14-28(26-46)22-36(40)37-23-29(27-47)15-19-41(37)49/h2-25H. The van der Waals surface area contributed by atoms with Crippen LogP contribution >= 0.6 is 0 Å². The third kappa shape index (κ3) is 4.01. The largest absolute Gasteiger partial charge is 0.309 e. The molecule has 0 radical (unpaired) electrons. The average Bonchev–Trinajstić information content (AvgIpc) is 3.82. The van der Waals surface area contributed by atoms with Crippen molar-refractivity contribution in [2.75, 3.05) is 0 Å². The molecule has 0 aliphatic rings. The van der Waals surface area contributed by atoms with Crippen molar-refractivity contribution in [1.29, 1.82) is 10.5 Å². The molecule has 0 atom stereocenters. The molecule has 6 heteroatoms. The number of fused-ring (bicyclic) bond motifs is 10. The highest BCUT2D eigenvalue weighted by atomic mass is 15.0. The van der Waals surface area contributed by atoms with Gasteiger partial charge in [-0.3, -0.25) is 0 Å². The summed E-state index contributed by atoms with van der Waals surface area (Å²) in [5.74, 6) is 0. The average molecular weight is 649 g/mol. The number of rotatable bonds is 3. The molecule has 10 rings (SSSR count). The monoisotopic (exact) mass is 648 g/mol. The zero-order chi connectivity index (χ0) is 34.2. The fourth-order valence-corrected chi connectivity index (χ4v) is 7.95. The van der Waals surface area contributed by atoms with Crippen LogP contribution in [0.25, 0.3) is 87.3 Å². The van der Waals surface area contributed by atoms with Crippen molar-refractivity contribution in [3.05, 3.63) is 168 Å². The maximum absolute atomic E-state index is 9.70. The van der Waals surface area contributed by atoms with Crippen LogP contribution in [0.2, 0.25) is 0 Å². The molecule has 0 unspecified atom stereocenters. The van der Waals surface area contributed by atoms with Crippen molar-refractivity contribution in [3.63, 3.8) is 0 Å². The maximum Gasteiger partial charge on any atom is 0.188 e. The van der Waals surface area contributed by atoms with Gasteiger partial charge in [-0.2, -0.15) is 10.5 Å². The van der Waals surface area contributed by atoms with Gasteiger partial charge in [-0.25, -0.2) is 4.85 Å². The molecular formula is C45H24N6.